The van der Waals surface area contributed by atoms with E-state index in [2.05, 4.69) is 10.3 Å². The topological polar surface area (TPSA) is 78.6 Å². The van der Waals surface area contributed by atoms with Gasteiger partial charge in [0.15, 0.2) is 0 Å². The Morgan fingerprint density at radius 3 is 2.96 bits per heavy atom. The quantitative estimate of drug-likeness (QED) is 0.884. The number of carbonyl (C=O) groups is 1. The number of likely N-dealkylation sites (tertiary alicyclic amines) is 1. The van der Waals surface area contributed by atoms with Gasteiger partial charge in [-0.3, -0.25) is 0 Å². The zero-order chi connectivity index (χ0) is 16.8. The number of aliphatic hydroxyl groups is 1. The molecule has 6 nitrogen and oxygen atoms in total. The van der Waals surface area contributed by atoms with Crippen LogP contribution in [-0.4, -0.2) is 40.2 Å². The molecule has 1 unspecified atom stereocenters. The molecule has 2 aromatic rings. The fourth-order valence-corrected chi connectivity index (χ4v) is 3.09. The molecule has 1 fully saturated rings. The molecule has 3 rings (SSSR count). The lowest BCUT2D eigenvalue weighted by Gasteiger charge is -2.35. The first-order valence-corrected chi connectivity index (χ1v) is 8.43. The Kier molecular flexibility index (Phi) is 5.48. The Hall–Kier alpha value is -2.34. The van der Waals surface area contributed by atoms with Crippen LogP contribution < -0.4 is 5.32 Å². The molecule has 0 spiro atoms. The predicted octanol–water partition coefficient (Wildman–Crippen LogP) is 2.79. The van der Waals surface area contributed by atoms with Crippen molar-refractivity contribution in [3.63, 3.8) is 0 Å². The third kappa shape index (κ3) is 3.94. The summed E-state index contributed by atoms with van der Waals surface area (Å²) in [5.74, 6) is 0.552. The molecule has 0 bridgehead atoms. The number of nitrogens with one attached hydrogen (secondary N) is 1. The molecule has 0 saturated carbocycles. The lowest BCUT2D eigenvalue weighted by molar-refractivity contribution is 0.131. The molecule has 1 saturated heterocycles. The lowest BCUT2D eigenvalue weighted by atomic mass is 10.0. The number of aliphatic hydroxyl groups excluding tert-OH is 1. The van der Waals surface area contributed by atoms with E-state index in [1.807, 2.05) is 35.2 Å². The fraction of sp³-hybridized carbons (Fsp3) is 0.444. The molecule has 6 heteroatoms. The summed E-state index contributed by atoms with van der Waals surface area (Å²) in [6.45, 7) is 1.18. The van der Waals surface area contributed by atoms with Crippen LogP contribution >= 0.6 is 0 Å². The van der Waals surface area contributed by atoms with E-state index in [0.717, 1.165) is 31.4 Å². The molecule has 128 valence electrons. The Balaban J connectivity index is 1.57. The van der Waals surface area contributed by atoms with Gasteiger partial charge in [-0.2, -0.15) is 0 Å². The second-order valence-electron chi connectivity index (χ2n) is 6.02. The molecule has 0 radical (unpaired) electrons. The number of hydrogen-bond donors (Lipinski definition) is 2. The average Bonchev–Trinajstić information content (AvgIpc) is 3.10. The zero-order valence-electron chi connectivity index (χ0n) is 13.6. The molecule has 1 aromatic carbocycles. The minimum absolute atomic E-state index is 0.0996. The van der Waals surface area contributed by atoms with Gasteiger partial charge < -0.3 is 19.7 Å². The molecule has 1 aliphatic rings. The second-order valence-corrected chi connectivity index (χ2v) is 6.02. The van der Waals surface area contributed by atoms with Gasteiger partial charge >= 0.3 is 6.03 Å². The van der Waals surface area contributed by atoms with Crippen LogP contribution in [0, 0.1) is 0 Å². The number of rotatable bonds is 5. The molecule has 1 aromatic heterocycles. The maximum absolute atomic E-state index is 12.4. The van der Waals surface area contributed by atoms with Crippen molar-refractivity contribution in [2.24, 2.45) is 0 Å². The van der Waals surface area contributed by atoms with Crippen LogP contribution in [-0.2, 0) is 6.54 Å². The van der Waals surface area contributed by atoms with Crippen LogP contribution in [0.2, 0.25) is 0 Å². The zero-order valence-corrected chi connectivity index (χ0v) is 13.6. The van der Waals surface area contributed by atoms with Crippen molar-refractivity contribution in [3.05, 3.63) is 42.3 Å². The smallest absolute Gasteiger partial charge is 0.317 e. The van der Waals surface area contributed by atoms with Crippen molar-refractivity contribution in [2.75, 3.05) is 13.2 Å². The van der Waals surface area contributed by atoms with Gasteiger partial charge in [0.1, 0.15) is 6.26 Å². The maximum Gasteiger partial charge on any atom is 0.317 e. The van der Waals surface area contributed by atoms with E-state index in [-0.39, 0.29) is 18.7 Å². The number of piperidine rings is 1. The normalized spacial score (nSPS) is 17.7. The second kappa shape index (κ2) is 7.97. The molecule has 2 heterocycles. The van der Waals surface area contributed by atoms with Gasteiger partial charge in [0, 0.05) is 24.8 Å². The van der Waals surface area contributed by atoms with E-state index in [1.165, 1.54) is 0 Å². The van der Waals surface area contributed by atoms with Gasteiger partial charge in [0.2, 0.25) is 5.89 Å². The monoisotopic (exact) mass is 329 g/mol. The third-order valence-electron chi connectivity index (χ3n) is 4.34. The van der Waals surface area contributed by atoms with Crippen molar-refractivity contribution >= 4 is 6.03 Å². The SMILES string of the molecule is O=C(NCc1coc(-c2ccccc2)n1)N1CCCCC1CCO. The van der Waals surface area contributed by atoms with Crippen LogP contribution in [0.3, 0.4) is 0 Å². The van der Waals surface area contributed by atoms with Crippen molar-refractivity contribution < 1.29 is 14.3 Å². The first kappa shape index (κ1) is 16.5. The van der Waals surface area contributed by atoms with Crippen LogP contribution in [0.15, 0.2) is 41.0 Å². The van der Waals surface area contributed by atoms with E-state index in [0.29, 0.717) is 24.6 Å². The van der Waals surface area contributed by atoms with Gasteiger partial charge in [-0.05, 0) is 37.8 Å². The number of aromatic nitrogens is 1. The van der Waals surface area contributed by atoms with E-state index in [9.17, 15) is 4.79 Å². The van der Waals surface area contributed by atoms with Gasteiger partial charge in [-0.25, -0.2) is 9.78 Å². The highest BCUT2D eigenvalue weighted by molar-refractivity contribution is 5.74. The number of hydrogen-bond acceptors (Lipinski definition) is 4. The highest BCUT2D eigenvalue weighted by Crippen LogP contribution is 2.20. The third-order valence-corrected chi connectivity index (χ3v) is 4.34. The van der Waals surface area contributed by atoms with E-state index >= 15 is 0 Å². The number of amides is 2. The minimum atomic E-state index is -0.0996. The number of benzene rings is 1. The molecule has 24 heavy (non-hydrogen) atoms. The molecule has 1 aliphatic heterocycles. The van der Waals surface area contributed by atoms with Crippen LogP contribution in [0.25, 0.3) is 11.5 Å². The summed E-state index contributed by atoms with van der Waals surface area (Å²) in [6, 6.07) is 9.69. The largest absolute Gasteiger partial charge is 0.444 e. The Morgan fingerprint density at radius 2 is 2.17 bits per heavy atom. The summed E-state index contributed by atoms with van der Waals surface area (Å²) in [4.78, 5) is 18.7. The van der Waals surface area contributed by atoms with Crippen molar-refractivity contribution in [2.45, 2.75) is 38.3 Å². The molecule has 2 amide bonds. The number of oxazole rings is 1. The Morgan fingerprint density at radius 1 is 1.33 bits per heavy atom. The summed E-state index contributed by atoms with van der Waals surface area (Å²) in [6.07, 6.45) is 5.28. The minimum Gasteiger partial charge on any atom is -0.444 e. The Bertz CT molecular complexity index is 655. The maximum atomic E-state index is 12.4. The van der Waals surface area contributed by atoms with Gasteiger partial charge in [-0.15, -0.1) is 0 Å². The molecular weight excluding hydrogens is 306 g/mol. The lowest BCUT2D eigenvalue weighted by Crippen LogP contribution is -2.48. The number of carbonyl (C=O) groups excluding carboxylic acids is 1. The summed E-state index contributed by atoms with van der Waals surface area (Å²) < 4.78 is 5.48. The van der Waals surface area contributed by atoms with Gasteiger partial charge in [0.05, 0.1) is 12.2 Å². The van der Waals surface area contributed by atoms with E-state index < -0.39 is 0 Å². The van der Waals surface area contributed by atoms with Crippen molar-refractivity contribution in [1.82, 2.24) is 15.2 Å². The van der Waals surface area contributed by atoms with Crippen molar-refractivity contribution in [3.8, 4) is 11.5 Å². The molecule has 0 aliphatic carbocycles. The molecule has 1 atom stereocenters. The highest BCUT2D eigenvalue weighted by Gasteiger charge is 2.26. The fourth-order valence-electron chi connectivity index (χ4n) is 3.09. The standard InChI is InChI=1S/C18H23N3O3/c22-11-9-16-8-4-5-10-21(16)18(23)19-12-15-13-24-17(20-15)14-6-2-1-3-7-14/h1-3,6-7,13,16,22H,4-5,8-12H2,(H,19,23). The first-order valence-electron chi connectivity index (χ1n) is 8.43. The van der Waals surface area contributed by atoms with Crippen molar-refractivity contribution in [1.29, 1.82) is 0 Å². The Labute approximate surface area is 141 Å². The summed E-state index contributed by atoms with van der Waals surface area (Å²) >= 11 is 0. The van der Waals surface area contributed by atoms with E-state index in [4.69, 9.17) is 9.52 Å². The summed E-state index contributed by atoms with van der Waals surface area (Å²) in [5, 5.41) is 12.1. The first-order chi connectivity index (χ1) is 11.8. The van der Waals surface area contributed by atoms with Gasteiger partial charge in [0.25, 0.3) is 0 Å². The van der Waals surface area contributed by atoms with Crippen LogP contribution in [0.5, 0.6) is 0 Å². The number of nitrogens with zero attached hydrogens (tertiary/aromatic N) is 2. The number of urea groups is 1. The van der Waals surface area contributed by atoms with E-state index in [1.54, 1.807) is 6.26 Å². The predicted molar refractivity (Wildman–Crippen MR) is 90.2 cm³/mol. The van der Waals surface area contributed by atoms with Crippen LogP contribution in [0.4, 0.5) is 4.79 Å². The average molecular weight is 329 g/mol. The summed E-state index contributed by atoms with van der Waals surface area (Å²) in [7, 11) is 0. The summed E-state index contributed by atoms with van der Waals surface area (Å²) in [5.41, 5.74) is 1.60. The molecular formula is C18H23N3O3. The van der Waals surface area contributed by atoms with Crippen LogP contribution in [0.1, 0.15) is 31.4 Å². The van der Waals surface area contributed by atoms with Gasteiger partial charge in [-0.1, -0.05) is 18.2 Å². The molecule has 2 N–H and O–H groups in total. The highest BCUT2D eigenvalue weighted by atomic mass is 16.3.